The van der Waals surface area contributed by atoms with Crippen molar-refractivity contribution in [1.82, 2.24) is 15.1 Å². The molecule has 0 radical (unpaired) electrons. The van der Waals surface area contributed by atoms with Gasteiger partial charge < -0.3 is 10.4 Å². The third-order valence-corrected chi connectivity index (χ3v) is 3.14. The monoisotopic (exact) mass is 305 g/mol. The molecule has 0 bridgehead atoms. The number of carboxylic acid groups (broad SMARTS) is 1. The lowest BCUT2D eigenvalue weighted by Gasteiger charge is -2.15. The molecule has 2 rings (SSSR count). The number of carbonyl (C=O) groups is 2. The van der Waals surface area contributed by atoms with Crippen molar-refractivity contribution >= 4 is 11.9 Å². The maximum atomic E-state index is 13.6. The van der Waals surface area contributed by atoms with E-state index in [1.54, 1.807) is 29.2 Å². The molecule has 7 heteroatoms. The normalized spacial score (nSPS) is 11.9. The van der Waals surface area contributed by atoms with Gasteiger partial charge in [0.1, 0.15) is 11.9 Å². The molecule has 1 amide bonds. The van der Waals surface area contributed by atoms with Crippen LogP contribution in [0.1, 0.15) is 12.0 Å². The van der Waals surface area contributed by atoms with Gasteiger partial charge in [-0.3, -0.25) is 9.48 Å². The van der Waals surface area contributed by atoms with Crippen LogP contribution in [0, 0.1) is 5.82 Å². The van der Waals surface area contributed by atoms with Crippen LogP contribution >= 0.6 is 0 Å². The number of aliphatic carboxylic acids is 1. The first-order valence-corrected chi connectivity index (χ1v) is 6.79. The molecule has 0 spiro atoms. The molecule has 116 valence electrons. The van der Waals surface area contributed by atoms with Gasteiger partial charge in [0.05, 0.1) is 0 Å². The Kier molecular flexibility index (Phi) is 5.24. The van der Waals surface area contributed by atoms with Crippen LogP contribution in [0.3, 0.4) is 0 Å². The van der Waals surface area contributed by atoms with E-state index in [1.807, 2.05) is 0 Å². The lowest BCUT2D eigenvalue weighted by molar-refractivity contribution is -0.141. The van der Waals surface area contributed by atoms with Gasteiger partial charge in [-0.15, -0.1) is 0 Å². The molecule has 1 aromatic carbocycles. The van der Waals surface area contributed by atoms with Gasteiger partial charge in [0.15, 0.2) is 0 Å². The number of hydrogen-bond donors (Lipinski definition) is 2. The number of benzene rings is 1. The molecule has 2 N–H and O–H groups in total. The molecule has 22 heavy (non-hydrogen) atoms. The number of carboxylic acids is 1. The summed E-state index contributed by atoms with van der Waals surface area (Å²) in [5.74, 6) is -2.10. The van der Waals surface area contributed by atoms with Crippen LogP contribution in [0.2, 0.25) is 0 Å². The molecule has 0 aliphatic carbocycles. The van der Waals surface area contributed by atoms with E-state index in [0.29, 0.717) is 6.54 Å². The van der Waals surface area contributed by atoms with Gasteiger partial charge in [-0.05, 0) is 17.7 Å². The Hall–Kier alpha value is -2.70. The number of nitrogens with zero attached hydrogens (tertiary/aromatic N) is 2. The van der Waals surface area contributed by atoms with E-state index in [1.165, 1.54) is 18.2 Å². The summed E-state index contributed by atoms with van der Waals surface area (Å²) in [5.41, 5.74) is 0.252. The van der Waals surface area contributed by atoms with E-state index in [2.05, 4.69) is 10.4 Å². The average molecular weight is 305 g/mol. The quantitative estimate of drug-likeness (QED) is 0.805. The first-order chi connectivity index (χ1) is 10.6. The summed E-state index contributed by atoms with van der Waals surface area (Å²) >= 11 is 0. The predicted molar refractivity (Wildman–Crippen MR) is 76.5 cm³/mol. The molecule has 0 saturated heterocycles. The predicted octanol–water partition coefficient (Wildman–Crippen LogP) is 1.22. The highest BCUT2D eigenvalue weighted by molar-refractivity contribution is 5.83. The van der Waals surface area contributed by atoms with Gasteiger partial charge in [0, 0.05) is 31.8 Å². The van der Waals surface area contributed by atoms with E-state index >= 15 is 0 Å². The van der Waals surface area contributed by atoms with Gasteiger partial charge >= 0.3 is 5.97 Å². The molecule has 0 saturated carbocycles. The molecule has 0 fully saturated rings. The topological polar surface area (TPSA) is 84.2 Å². The van der Waals surface area contributed by atoms with Crippen LogP contribution in [-0.4, -0.2) is 32.8 Å². The fourth-order valence-corrected chi connectivity index (χ4v) is 2.00. The van der Waals surface area contributed by atoms with Crippen molar-refractivity contribution in [1.29, 1.82) is 0 Å². The van der Waals surface area contributed by atoms with Gasteiger partial charge in [-0.1, -0.05) is 18.2 Å². The maximum Gasteiger partial charge on any atom is 0.326 e. The Balaban J connectivity index is 1.92. The van der Waals surface area contributed by atoms with E-state index in [0.717, 1.165) is 0 Å². The summed E-state index contributed by atoms with van der Waals surface area (Å²) in [6.45, 7) is 0.352. The van der Waals surface area contributed by atoms with Crippen molar-refractivity contribution in [2.75, 3.05) is 0 Å². The highest BCUT2D eigenvalue weighted by Gasteiger charge is 2.21. The number of aromatic nitrogens is 2. The average Bonchev–Trinajstić information content (AvgIpc) is 3.00. The minimum absolute atomic E-state index is 0.0999. The number of aryl methyl sites for hydroxylation is 1. The molecular weight excluding hydrogens is 289 g/mol. The van der Waals surface area contributed by atoms with E-state index < -0.39 is 23.7 Å². The zero-order chi connectivity index (χ0) is 15.9. The number of hydrogen-bond acceptors (Lipinski definition) is 3. The largest absolute Gasteiger partial charge is 0.480 e. The van der Waals surface area contributed by atoms with Crippen LogP contribution in [0.25, 0.3) is 0 Å². The van der Waals surface area contributed by atoms with Crippen LogP contribution in [0.15, 0.2) is 42.7 Å². The second kappa shape index (κ2) is 7.35. The first kappa shape index (κ1) is 15.7. The number of rotatable bonds is 7. The highest BCUT2D eigenvalue weighted by Crippen LogP contribution is 2.09. The Morgan fingerprint density at radius 3 is 2.73 bits per heavy atom. The summed E-state index contributed by atoms with van der Waals surface area (Å²) in [6, 6.07) is 6.47. The fraction of sp³-hybridized carbons (Fsp3) is 0.267. The zero-order valence-electron chi connectivity index (χ0n) is 11.8. The van der Waals surface area contributed by atoms with Crippen molar-refractivity contribution in [3.63, 3.8) is 0 Å². The van der Waals surface area contributed by atoms with Crippen LogP contribution in [0.4, 0.5) is 4.39 Å². The highest BCUT2D eigenvalue weighted by atomic mass is 19.1. The molecule has 1 aromatic heterocycles. The summed E-state index contributed by atoms with van der Waals surface area (Å²) in [5, 5.41) is 15.5. The SMILES string of the molecule is O=C(CCn1cccn1)NC(Cc1ccccc1F)C(=O)O. The second-order valence-corrected chi connectivity index (χ2v) is 4.77. The molecule has 1 unspecified atom stereocenters. The number of carbonyl (C=O) groups excluding carboxylic acids is 1. The third kappa shape index (κ3) is 4.41. The second-order valence-electron chi connectivity index (χ2n) is 4.77. The Morgan fingerprint density at radius 2 is 2.09 bits per heavy atom. The number of halogens is 1. The minimum atomic E-state index is -1.20. The van der Waals surface area contributed by atoms with Crippen molar-refractivity contribution in [3.8, 4) is 0 Å². The van der Waals surface area contributed by atoms with Crippen molar-refractivity contribution in [2.45, 2.75) is 25.4 Å². The Morgan fingerprint density at radius 1 is 1.32 bits per heavy atom. The lowest BCUT2D eigenvalue weighted by Crippen LogP contribution is -2.42. The molecule has 2 aromatic rings. The van der Waals surface area contributed by atoms with Crippen LogP contribution < -0.4 is 5.32 Å². The lowest BCUT2D eigenvalue weighted by atomic mass is 10.1. The van der Waals surface area contributed by atoms with Gasteiger partial charge in [-0.2, -0.15) is 5.10 Å². The van der Waals surface area contributed by atoms with Gasteiger partial charge in [0.25, 0.3) is 0 Å². The van der Waals surface area contributed by atoms with Crippen molar-refractivity contribution in [2.24, 2.45) is 0 Å². The van der Waals surface area contributed by atoms with Crippen LogP contribution in [-0.2, 0) is 22.6 Å². The molecule has 0 aliphatic rings. The minimum Gasteiger partial charge on any atom is -0.480 e. The van der Waals surface area contributed by atoms with Crippen molar-refractivity contribution in [3.05, 3.63) is 54.1 Å². The standard InChI is InChI=1S/C15H16FN3O3/c16-12-5-2-1-4-11(12)10-13(15(21)22)18-14(20)6-9-19-8-3-7-17-19/h1-5,7-8,13H,6,9-10H2,(H,18,20)(H,21,22). The van der Waals surface area contributed by atoms with E-state index in [9.17, 15) is 19.1 Å². The summed E-state index contributed by atoms with van der Waals surface area (Å²) in [4.78, 5) is 23.0. The molecule has 6 nitrogen and oxygen atoms in total. The summed E-state index contributed by atoms with van der Waals surface area (Å²) in [7, 11) is 0. The zero-order valence-corrected chi connectivity index (χ0v) is 11.8. The summed E-state index contributed by atoms with van der Waals surface area (Å²) < 4.78 is 15.1. The molecule has 1 heterocycles. The maximum absolute atomic E-state index is 13.6. The first-order valence-electron chi connectivity index (χ1n) is 6.79. The van der Waals surface area contributed by atoms with Crippen molar-refractivity contribution < 1.29 is 19.1 Å². The smallest absolute Gasteiger partial charge is 0.326 e. The molecule has 1 atom stereocenters. The van der Waals surface area contributed by atoms with E-state index in [-0.39, 0.29) is 18.4 Å². The Bertz CT molecular complexity index is 643. The third-order valence-electron chi connectivity index (χ3n) is 3.14. The summed E-state index contributed by atoms with van der Waals surface area (Å²) in [6.07, 6.45) is 3.30. The molecule has 0 aliphatic heterocycles. The van der Waals surface area contributed by atoms with E-state index in [4.69, 9.17) is 0 Å². The van der Waals surface area contributed by atoms with Crippen LogP contribution in [0.5, 0.6) is 0 Å². The number of amides is 1. The van der Waals surface area contributed by atoms with Gasteiger partial charge in [0.2, 0.25) is 5.91 Å². The number of nitrogens with one attached hydrogen (secondary N) is 1. The Labute approximate surface area is 126 Å². The van der Waals surface area contributed by atoms with Gasteiger partial charge in [-0.25, -0.2) is 9.18 Å². The fourth-order valence-electron chi connectivity index (χ4n) is 2.00. The molecular formula is C15H16FN3O3.